The van der Waals surface area contributed by atoms with Gasteiger partial charge in [0.25, 0.3) is 0 Å². The zero-order valence-electron chi connectivity index (χ0n) is 12.4. The van der Waals surface area contributed by atoms with Gasteiger partial charge >= 0.3 is 0 Å². The lowest BCUT2D eigenvalue weighted by molar-refractivity contribution is 0.650. The van der Waals surface area contributed by atoms with Crippen molar-refractivity contribution in [3.63, 3.8) is 0 Å². The summed E-state index contributed by atoms with van der Waals surface area (Å²) in [5, 5.41) is 0. The average Bonchev–Trinajstić information content (AvgIpc) is 3.12. The summed E-state index contributed by atoms with van der Waals surface area (Å²) < 4.78 is 0. The molecule has 0 N–H and O–H groups in total. The fourth-order valence-corrected chi connectivity index (χ4v) is 5.99. The molecule has 0 bridgehead atoms. The summed E-state index contributed by atoms with van der Waals surface area (Å²) in [7, 11) is 0. The van der Waals surface area contributed by atoms with Crippen molar-refractivity contribution in [2.45, 2.75) is 31.6 Å². The van der Waals surface area contributed by atoms with E-state index in [0.717, 1.165) is 0 Å². The SMILES string of the molecule is C1=CC2Cc3ccc4c5c3[C@@H]3C2=C1Cc1ccc(c-5c13)CC4. The molecule has 0 fully saturated rings. The van der Waals surface area contributed by atoms with Crippen LogP contribution in [0.15, 0.2) is 47.6 Å². The summed E-state index contributed by atoms with van der Waals surface area (Å²) in [6.07, 6.45) is 9.77. The molecule has 0 saturated heterocycles. The first-order valence-corrected chi connectivity index (χ1v) is 8.61. The lowest BCUT2D eigenvalue weighted by Gasteiger charge is -2.34. The smallest absolute Gasteiger partial charge is 0.0328 e. The third-order valence-corrected chi connectivity index (χ3v) is 6.77. The minimum absolute atomic E-state index is 0.602. The lowest BCUT2D eigenvalue weighted by atomic mass is 9.69. The van der Waals surface area contributed by atoms with Crippen LogP contribution in [-0.4, -0.2) is 0 Å². The van der Waals surface area contributed by atoms with Crippen LogP contribution >= 0.6 is 0 Å². The van der Waals surface area contributed by atoms with Crippen LogP contribution in [0.2, 0.25) is 0 Å². The highest BCUT2D eigenvalue weighted by atomic mass is 14.5. The van der Waals surface area contributed by atoms with Crippen molar-refractivity contribution in [3.05, 3.63) is 80.9 Å². The molecule has 1 unspecified atom stereocenters. The highest BCUT2D eigenvalue weighted by Gasteiger charge is 2.46. The second-order valence-corrected chi connectivity index (χ2v) is 7.61. The molecule has 5 aliphatic carbocycles. The van der Waals surface area contributed by atoms with Crippen molar-refractivity contribution in [2.24, 2.45) is 5.92 Å². The van der Waals surface area contributed by atoms with E-state index in [-0.39, 0.29) is 0 Å². The quantitative estimate of drug-likeness (QED) is 0.667. The zero-order chi connectivity index (χ0) is 14.0. The molecule has 2 aromatic carbocycles. The highest BCUT2D eigenvalue weighted by Crippen LogP contribution is 2.62. The summed E-state index contributed by atoms with van der Waals surface area (Å²) in [4.78, 5) is 0. The van der Waals surface area contributed by atoms with E-state index < -0.39 is 0 Å². The number of benzene rings is 2. The van der Waals surface area contributed by atoms with Crippen LogP contribution in [0.1, 0.15) is 39.3 Å². The predicted octanol–water partition coefficient (Wildman–Crippen LogP) is 4.49. The number of hydrogen-bond acceptors (Lipinski definition) is 0. The van der Waals surface area contributed by atoms with E-state index in [1.807, 2.05) is 0 Å². The van der Waals surface area contributed by atoms with Crippen molar-refractivity contribution < 1.29 is 0 Å². The van der Waals surface area contributed by atoms with E-state index in [2.05, 4.69) is 36.4 Å². The Balaban J connectivity index is 1.75. The summed E-state index contributed by atoms with van der Waals surface area (Å²) in [6.45, 7) is 0. The Labute approximate surface area is 130 Å². The first kappa shape index (κ1) is 10.6. The first-order chi connectivity index (χ1) is 10.9. The Kier molecular flexibility index (Phi) is 1.52. The summed E-state index contributed by atoms with van der Waals surface area (Å²) in [5.41, 5.74) is 16.5. The second-order valence-electron chi connectivity index (χ2n) is 7.61. The van der Waals surface area contributed by atoms with Gasteiger partial charge in [-0.15, -0.1) is 0 Å². The van der Waals surface area contributed by atoms with Crippen molar-refractivity contribution in [2.75, 3.05) is 0 Å². The van der Waals surface area contributed by atoms with Crippen LogP contribution in [-0.2, 0) is 25.7 Å². The lowest BCUT2D eigenvalue weighted by Crippen LogP contribution is -2.22. The van der Waals surface area contributed by atoms with E-state index in [1.165, 1.54) is 25.7 Å². The standard InChI is InChI=1S/C22H16/c1-2-12-4-6-16-10-14-8-7-13-9-15-5-3-11(1)18-19(12)21(16)22(17(13)14)20(15)18/h3-8,13,22H,1-2,9-10H2/t13?,22-/m0/s1. The molecular formula is C22H16. The Morgan fingerprint density at radius 1 is 0.773 bits per heavy atom. The Morgan fingerprint density at radius 2 is 1.45 bits per heavy atom. The summed E-state index contributed by atoms with van der Waals surface area (Å²) in [5.74, 6) is 1.28. The average molecular weight is 280 g/mol. The molecule has 7 rings (SSSR count). The van der Waals surface area contributed by atoms with Gasteiger partial charge in [0.05, 0.1) is 0 Å². The van der Waals surface area contributed by atoms with Crippen LogP contribution < -0.4 is 0 Å². The number of hydrogen-bond donors (Lipinski definition) is 0. The summed E-state index contributed by atoms with van der Waals surface area (Å²) in [6, 6.07) is 9.74. The van der Waals surface area contributed by atoms with Crippen LogP contribution in [0.25, 0.3) is 11.1 Å². The predicted molar refractivity (Wildman–Crippen MR) is 88.2 cm³/mol. The maximum absolute atomic E-state index is 2.48. The molecule has 2 aromatic rings. The number of rotatable bonds is 0. The molecule has 104 valence electrons. The third-order valence-electron chi connectivity index (χ3n) is 6.77. The van der Waals surface area contributed by atoms with Gasteiger partial charge in [0.1, 0.15) is 0 Å². The molecule has 2 atom stereocenters. The topological polar surface area (TPSA) is 0 Å². The van der Waals surface area contributed by atoms with Gasteiger partial charge in [0.2, 0.25) is 0 Å². The molecule has 0 radical (unpaired) electrons. The van der Waals surface area contributed by atoms with Gasteiger partial charge in [-0.05, 0) is 81.3 Å². The summed E-state index contributed by atoms with van der Waals surface area (Å²) >= 11 is 0. The maximum atomic E-state index is 2.48. The maximum Gasteiger partial charge on any atom is 0.0328 e. The minimum Gasteiger partial charge on any atom is -0.0767 e. The van der Waals surface area contributed by atoms with Crippen molar-refractivity contribution >= 4 is 0 Å². The fourth-order valence-electron chi connectivity index (χ4n) is 5.99. The van der Waals surface area contributed by atoms with Gasteiger partial charge in [-0.2, -0.15) is 0 Å². The van der Waals surface area contributed by atoms with Gasteiger partial charge in [0.15, 0.2) is 0 Å². The van der Waals surface area contributed by atoms with Crippen LogP contribution in [0.4, 0.5) is 0 Å². The molecule has 0 saturated carbocycles. The largest absolute Gasteiger partial charge is 0.0767 e. The van der Waals surface area contributed by atoms with Crippen LogP contribution in [0.3, 0.4) is 0 Å². The molecule has 0 heteroatoms. The zero-order valence-corrected chi connectivity index (χ0v) is 12.4. The van der Waals surface area contributed by atoms with E-state index in [0.29, 0.717) is 11.8 Å². The monoisotopic (exact) mass is 280 g/mol. The Bertz CT molecular complexity index is 984. The molecule has 0 heterocycles. The highest BCUT2D eigenvalue weighted by molar-refractivity contribution is 5.90. The van der Waals surface area contributed by atoms with Crippen LogP contribution in [0.5, 0.6) is 0 Å². The Morgan fingerprint density at radius 3 is 2.27 bits per heavy atom. The van der Waals surface area contributed by atoms with E-state index >= 15 is 0 Å². The molecule has 22 heavy (non-hydrogen) atoms. The van der Waals surface area contributed by atoms with Gasteiger partial charge in [-0.1, -0.05) is 36.4 Å². The van der Waals surface area contributed by atoms with Crippen molar-refractivity contribution in [1.82, 2.24) is 0 Å². The second kappa shape index (κ2) is 3.15. The molecule has 0 spiro atoms. The number of aryl methyl sites for hydroxylation is 2. The molecule has 0 aromatic heterocycles. The van der Waals surface area contributed by atoms with Gasteiger partial charge in [0, 0.05) is 11.8 Å². The molecule has 0 amide bonds. The van der Waals surface area contributed by atoms with E-state index in [9.17, 15) is 0 Å². The number of allylic oxidation sites excluding steroid dienone is 4. The van der Waals surface area contributed by atoms with Gasteiger partial charge in [-0.25, -0.2) is 0 Å². The van der Waals surface area contributed by atoms with Gasteiger partial charge in [-0.3, -0.25) is 0 Å². The molecule has 0 nitrogen and oxygen atoms in total. The normalized spacial score (nSPS) is 26.9. The molecule has 0 aliphatic heterocycles. The molecular weight excluding hydrogens is 264 g/mol. The van der Waals surface area contributed by atoms with Gasteiger partial charge < -0.3 is 0 Å². The minimum atomic E-state index is 0.602. The van der Waals surface area contributed by atoms with Crippen LogP contribution in [0, 0.1) is 5.92 Å². The Hall–Kier alpha value is -2.08. The van der Waals surface area contributed by atoms with Crippen molar-refractivity contribution in [3.8, 4) is 11.1 Å². The van der Waals surface area contributed by atoms with Crippen molar-refractivity contribution in [1.29, 1.82) is 0 Å². The fraction of sp³-hybridized carbons (Fsp3) is 0.273. The molecule has 5 aliphatic rings. The van der Waals surface area contributed by atoms with E-state index in [4.69, 9.17) is 0 Å². The van der Waals surface area contributed by atoms with E-state index in [1.54, 1.807) is 55.7 Å². The first-order valence-electron chi connectivity index (χ1n) is 8.61. The third kappa shape index (κ3) is 0.939.